The summed E-state index contributed by atoms with van der Waals surface area (Å²) in [5.41, 5.74) is 4.64. The summed E-state index contributed by atoms with van der Waals surface area (Å²) in [4.78, 5) is 19.1. The summed E-state index contributed by atoms with van der Waals surface area (Å²) >= 11 is 0. The van der Waals surface area contributed by atoms with Gasteiger partial charge in [-0.2, -0.15) is 18.4 Å². The summed E-state index contributed by atoms with van der Waals surface area (Å²) in [6.07, 6.45) is 5.37. The molecule has 1 aromatic heterocycles. The van der Waals surface area contributed by atoms with Gasteiger partial charge in [0.15, 0.2) is 0 Å². The van der Waals surface area contributed by atoms with Crippen molar-refractivity contribution in [2.24, 2.45) is 0 Å². The molecule has 2 aliphatic rings. The van der Waals surface area contributed by atoms with Crippen molar-refractivity contribution < 1.29 is 17.9 Å². The number of carbonyl (C=O) groups excluding carboxylic acids is 1. The van der Waals surface area contributed by atoms with Gasteiger partial charge < -0.3 is 4.90 Å². The Labute approximate surface area is 188 Å². The average Bonchev–Trinajstić information content (AvgIpc) is 3.28. The van der Waals surface area contributed by atoms with Gasteiger partial charge in [0, 0.05) is 11.8 Å². The van der Waals surface area contributed by atoms with E-state index in [2.05, 4.69) is 22.1 Å². The number of hydrogen-bond acceptors (Lipinski definition) is 6. The molecule has 2 aromatic rings. The Morgan fingerprint density at radius 1 is 1.28 bits per heavy atom. The predicted octanol–water partition coefficient (Wildman–Crippen LogP) is 2.02. The molecule has 9 heteroatoms. The van der Waals surface area contributed by atoms with Crippen LogP contribution in [0.3, 0.4) is 0 Å². The smallest absolute Gasteiger partial charge is 0.304 e. The van der Waals surface area contributed by atoms with Gasteiger partial charge in [0.1, 0.15) is 17.0 Å². The van der Waals surface area contributed by atoms with Crippen molar-refractivity contribution in [2.75, 3.05) is 25.0 Å². The van der Waals surface area contributed by atoms with Crippen molar-refractivity contribution >= 4 is 21.7 Å². The highest BCUT2D eigenvalue weighted by molar-refractivity contribution is 7.85. The Morgan fingerprint density at radius 3 is 2.78 bits per heavy atom. The first-order chi connectivity index (χ1) is 15.4. The van der Waals surface area contributed by atoms with Crippen molar-refractivity contribution in [2.45, 2.75) is 44.3 Å². The summed E-state index contributed by atoms with van der Waals surface area (Å²) in [5.74, 6) is 0. The number of nitrogens with two attached hydrogens (primary N) is 1. The number of nitriles is 1. The molecule has 8 nitrogen and oxygen atoms in total. The van der Waals surface area contributed by atoms with E-state index in [4.69, 9.17) is 0 Å². The second kappa shape index (κ2) is 9.36. The zero-order chi connectivity index (χ0) is 22.7. The molecule has 3 N–H and O–H groups in total. The number of aromatic nitrogens is 1. The summed E-state index contributed by atoms with van der Waals surface area (Å²) in [6.45, 7) is 4.43. The number of likely N-dealkylation sites (tertiary alicyclic amines) is 1. The van der Waals surface area contributed by atoms with Gasteiger partial charge in [0.25, 0.3) is 0 Å². The summed E-state index contributed by atoms with van der Waals surface area (Å²) in [7, 11) is -3.65. The number of rotatable bonds is 5. The van der Waals surface area contributed by atoms with Gasteiger partial charge in [-0.1, -0.05) is 19.1 Å². The fraction of sp³-hybridized carbons (Fsp3) is 0.435. The molecule has 0 spiro atoms. The van der Waals surface area contributed by atoms with Crippen LogP contribution in [0.15, 0.2) is 30.5 Å². The quantitative estimate of drug-likeness (QED) is 0.713. The van der Waals surface area contributed by atoms with Crippen molar-refractivity contribution in [3.63, 3.8) is 0 Å². The molecule has 2 heterocycles. The maximum atomic E-state index is 12.9. The molecule has 1 aliphatic heterocycles. The van der Waals surface area contributed by atoms with Crippen molar-refractivity contribution in [1.29, 1.82) is 5.26 Å². The standard InChI is InChI=1S/C23H27N5O3S/c1-2-28-12-9-19(10-13-28)32(30,31)27-23(29)26-22-20-5-3-4-16(20)6-7-21(22)17-8-11-25-18(14-17)15-24/h6-8,11,14,19H,2-5,9-10,12-13H2,1H3,(H2,26,27,29)/p+1. The van der Waals surface area contributed by atoms with Crippen LogP contribution in [0.1, 0.15) is 43.0 Å². The Bertz CT molecular complexity index is 1160. The molecule has 4 rings (SSSR count). The molecule has 0 radical (unpaired) electrons. The first-order valence-electron chi connectivity index (χ1n) is 11.0. The first kappa shape index (κ1) is 22.4. The zero-order valence-corrected chi connectivity index (χ0v) is 19.0. The lowest BCUT2D eigenvalue weighted by molar-refractivity contribution is -0.380. The number of nitrogens with one attached hydrogen (secondary N) is 1. The second-order valence-electron chi connectivity index (χ2n) is 8.35. The lowest BCUT2D eigenvalue weighted by atomic mass is 9.97. The number of sulfonamides is 1. The number of primary sulfonamides is 1. The molecule has 1 fully saturated rings. The summed E-state index contributed by atoms with van der Waals surface area (Å²) in [5, 5.41) is 11.6. The highest BCUT2D eigenvalue weighted by Crippen LogP contribution is 2.37. The molecule has 1 saturated heterocycles. The van der Waals surface area contributed by atoms with Crippen LogP contribution in [0.5, 0.6) is 0 Å². The number of primary amides is 1. The minimum absolute atomic E-state index is 0.285. The second-order valence-corrected chi connectivity index (χ2v) is 10.4. The van der Waals surface area contributed by atoms with Crippen LogP contribution in [0, 0.1) is 11.3 Å². The SMILES string of the molecule is CCN1CCC(S(=O)(=O)[NH2+]C(=O)Nc2c(-c3ccnc(C#N)c3)ccc3c2CCC3)CC1. The first-order valence-corrected chi connectivity index (χ1v) is 12.7. The molecule has 0 bridgehead atoms. The molecular weight excluding hydrogens is 426 g/mol. The van der Waals surface area contributed by atoms with Crippen molar-refractivity contribution in [3.05, 3.63) is 47.3 Å². The molecule has 168 valence electrons. The lowest BCUT2D eigenvalue weighted by Crippen LogP contribution is -2.93. The molecular formula is C23H28N5O3S+. The number of nitrogens with zero attached hydrogens (tertiary/aromatic N) is 3. The highest BCUT2D eigenvalue weighted by Gasteiger charge is 2.35. The number of benzene rings is 1. The van der Waals surface area contributed by atoms with Crippen LogP contribution in [-0.4, -0.2) is 49.2 Å². The van der Waals surface area contributed by atoms with E-state index in [1.807, 2.05) is 18.2 Å². The van der Waals surface area contributed by atoms with E-state index in [1.54, 1.807) is 18.3 Å². The van der Waals surface area contributed by atoms with Gasteiger partial charge in [0.05, 0.1) is 5.69 Å². The van der Waals surface area contributed by atoms with Gasteiger partial charge >= 0.3 is 16.1 Å². The third-order valence-corrected chi connectivity index (χ3v) is 8.38. The van der Waals surface area contributed by atoms with Crippen LogP contribution in [0.2, 0.25) is 0 Å². The number of amides is 2. The van der Waals surface area contributed by atoms with E-state index in [-0.39, 0.29) is 5.69 Å². The Balaban J connectivity index is 1.58. The molecule has 1 aliphatic carbocycles. The number of carbonyl (C=O) groups is 1. The maximum Gasteiger partial charge on any atom is 0.433 e. The topological polar surface area (TPSA) is 120 Å². The van der Waals surface area contributed by atoms with Crippen LogP contribution in [0.4, 0.5) is 10.5 Å². The third kappa shape index (κ3) is 4.67. The number of anilines is 1. The zero-order valence-electron chi connectivity index (χ0n) is 18.2. The van der Waals surface area contributed by atoms with Gasteiger partial charge in [-0.05, 0) is 80.6 Å². The molecule has 0 atom stereocenters. The normalized spacial score (nSPS) is 17.0. The van der Waals surface area contributed by atoms with Crippen LogP contribution >= 0.6 is 0 Å². The van der Waals surface area contributed by atoms with E-state index in [9.17, 15) is 18.5 Å². The van der Waals surface area contributed by atoms with Crippen LogP contribution in [-0.2, 0) is 22.9 Å². The predicted molar refractivity (Wildman–Crippen MR) is 121 cm³/mol. The fourth-order valence-corrected chi connectivity index (χ4v) is 6.08. The average molecular weight is 455 g/mol. The number of fused-ring (bicyclic) bond motifs is 1. The number of pyridine rings is 1. The Morgan fingerprint density at radius 2 is 2.06 bits per heavy atom. The Hall–Kier alpha value is -2.80. The highest BCUT2D eigenvalue weighted by atomic mass is 32.2. The largest absolute Gasteiger partial charge is 0.433 e. The molecule has 32 heavy (non-hydrogen) atoms. The van der Waals surface area contributed by atoms with Gasteiger partial charge in [-0.3, -0.25) is 5.32 Å². The molecule has 2 amide bonds. The van der Waals surface area contributed by atoms with E-state index in [0.717, 1.165) is 65.9 Å². The van der Waals surface area contributed by atoms with Crippen molar-refractivity contribution in [3.8, 4) is 17.2 Å². The minimum Gasteiger partial charge on any atom is -0.304 e. The number of piperidine rings is 1. The maximum absolute atomic E-state index is 12.9. The number of aryl methyl sites for hydroxylation is 1. The Kier molecular flexibility index (Phi) is 6.55. The molecule has 0 saturated carbocycles. The summed E-state index contributed by atoms with van der Waals surface area (Å²) in [6, 6.07) is 8.84. The van der Waals surface area contributed by atoms with E-state index in [1.165, 1.54) is 0 Å². The van der Waals surface area contributed by atoms with E-state index >= 15 is 0 Å². The van der Waals surface area contributed by atoms with E-state index in [0.29, 0.717) is 18.5 Å². The van der Waals surface area contributed by atoms with Crippen molar-refractivity contribution in [1.82, 2.24) is 9.88 Å². The van der Waals surface area contributed by atoms with Gasteiger partial charge in [-0.25, -0.2) is 9.78 Å². The van der Waals surface area contributed by atoms with Crippen LogP contribution < -0.4 is 10.0 Å². The molecule has 0 unspecified atom stereocenters. The monoisotopic (exact) mass is 454 g/mol. The number of urea groups is 1. The minimum atomic E-state index is -3.65. The van der Waals surface area contributed by atoms with E-state index < -0.39 is 21.3 Å². The fourth-order valence-electron chi connectivity index (χ4n) is 4.66. The van der Waals surface area contributed by atoms with Gasteiger partial charge in [-0.15, -0.1) is 0 Å². The summed E-state index contributed by atoms with van der Waals surface area (Å²) < 4.78 is 26.6. The number of hydrogen-bond donors (Lipinski definition) is 2. The van der Waals surface area contributed by atoms with Gasteiger partial charge in [0.2, 0.25) is 0 Å². The van der Waals surface area contributed by atoms with Crippen LogP contribution in [0.25, 0.3) is 11.1 Å². The third-order valence-electron chi connectivity index (χ3n) is 6.43. The molecule has 1 aromatic carbocycles. The number of quaternary nitrogens is 1. The lowest BCUT2D eigenvalue weighted by Gasteiger charge is -2.29.